The van der Waals surface area contributed by atoms with E-state index in [-0.39, 0.29) is 0 Å². The molecule has 0 aromatic rings. The van der Waals surface area contributed by atoms with E-state index in [1.807, 2.05) is 6.08 Å². The first-order valence-electron chi connectivity index (χ1n) is 6.86. The molecule has 0 bridgehead atoms. The molecule has 0 aromatic carbocycles. The lowest BCUT2D eigenvalue weighted by Crippen LogP contribution is -2.31. The Bertz CT molecular complexity index is 172. The second-order valence-corrected chi connectivity index (χ2v) is 5.72. The van der Waals surface area contributed by atoms with E-state index in [0.29, 0.717) is 11.5 Å². The molecule has 0 rings (SSSR count). The third-order valence-corrected chi connectivity index (χ3v) is 3.17. The molecule has 0 aromatic heterocycles. The summed E-state index contributed by atoms with van der Waals surface area (Å²) < 4.78 is 0. The van der Waals surface area contributed by atoms with Crippen molar-refractivity contribution in [3.8, 4) is 0 Å². The molecule has 0 fully saturated rings. The van der Waals surface area contributed by atoms with Gasteiger partial charge in [-0.05, 0) is 44.6 Å². The third kappa shape index (κ3) is 8.96. The van der Waals surface area contributed by atoms with Crippen LogP contribution in [0, 0.1) is 5.41 Å². The molecule has 1 heteroatoms. The topological polar surface area (TPSA) is 12.0 Å². The highest BCUT2D eigenvalue weighted by Gasteiger charge is 2.19. The van der Waals surface area contributed by atoms with Gasteiger partial charge in [-0.3, -0.25) is 0 Å². The average molecular weight is 225 g/mol. The number of allylic oxidation sites excluding steroid dienone is 1. The summed E-state index contributed by atoms with van der Waals surface area (Å²) in [7, 11) is 0. The standard InChI is InChI=1S/C15H31N/c1-6-8-9-10-11-12-15(4,5)13-14(3)16-7-2/h6,14,16H,1,7-13H2,2-5H3. The van der Waals surface area contributed by atoms with Crippen LogP contribution in [0.15, 0.2) is 12.7 Å². The van der Waals surface area contributed by atoms with E-state index in [0.717, 1.165) is 6.54 Å². The number of hydrogen-bond donors (Lipinski definition) is 1. The Morgan fingerprint density at radius 2 is 1.94 bits per heavy atom. The highest BCUT2D eigenvalue weighted by atomic mass is 14.9. The predicted octanol–water partition coefficient (Wildman–Crippen LogP) is 4.54. The smallest absolute Gasteiger partial charge is 0.00436 e. The monoisotopic (exact) mass is 225 g/mol. The van der Waals surface area contributed by atoms with Gasteiger partial charge in [0.15, 0.2) is 0 Å². The fourth-order valence-electron chi connectivity index (χ4n) is 2.42. The molecule has 1 N–H and O–H groups in total. The molecule has 0 amide bonds. The molecule has 0 aliphatic carbocycles. The van der Waals surface area contributed by atoms with Crippen LogP contribution in [-0.4, -0.2) is 12.6 Å². The van der Waals surface area contributed by atoms with Crippen LogP contribution in [0.4, 0.5) is 0 Å². The van der Waals surface area contributed by atoms with E-state index >= 15 is 0 Å². The van der Waals surface area contributed by atoms with E-state index in [9.17, 15) is 0 Å². The van der Waals surface area contributed by atoms with Crippen LogP contribution in [0.5, 0.6) is 0 Å². The minimum atomic E-state index is 0.482. The molecule has 16 heavy (non-hydrogen) atoms. The largest absolute Gasteiger partial charge is 0.315 e. The molecule has 0 aliphatic heterocycles. The Kier molecular flexibility index (Phi) is 8.64. The van der Waals surface area contributed by atoms with Gasteiger partial charge in [-0.2, -0.15) is 0 Å². The van der Waals surface area contributed by atoms with Crippen LogP contribution < -0.4 is 5.32 Å². The Morgan fingerprint density at radius 3 is 2.50 bits per heavy atom. The highest BCUT2D eigenvalue weighted by molar-refractivity contribution is 4.75. The summed E-state index contributed by atoms with van der Waals surface area (Å²) in [5.41, 5.74) is 0.482. The minimum Gasteiger partial charge on any atom is -0.315 e. The number of nitrogens with one attached hydrogen (secondary N) is 1. The first-order valence-corrected chi connectivity index (χ1v) is 6.86. The van der Waals surface area contributed by atoms with Crippen molar-refractivity contribution in [2.75, 3.05) is 6.54 Å². The molecule has 1 nitrogen and oxygen atoms in total. The maximum absolute atomic E-state index is 3.76. The second-order valence-electron chi connectivity index (χ2n) is 5.72. The maximum atomic E-state index is 3.76. The Labute approximate surface area is 103 Å². The molecule has 0 saturated carbocycles. The molecule has 0 heterocycles. The van der Waals surface area contributed by atoms with Crippen molar-refractivity contribution in [1.82, 2.24) is 5.32 Å². The zero-order valence-electron chi connectivity index (χ0n) is 11.8. The normalized spacial score (nSPS) is 13.8. The van der Waals surface area contributed by atoms with E-state index < -0.39 is 0 Å². The number of rotatable bonds is 10. The molecular weight excluding hydrogens is 194 g/mol. The van der Waals surface area contributed by atoms with Gasteiger partial charge in [0, 0.05) is 6.04 Å². The van der Waals surface area contributed by atoms with Gasteiger partial charge in [0.1, 0.15) is 0 Å². The molecule has 0 aliphatic rings. The number of unbranched alkanes of at least 4 members (excludes halogenated alkanes) is 3. The zero-order chi connectivity index (χ0) is 12.4. The summed E-state index contributed by atoms with van der Waals surface area (Å²) in [6, 6.07) is 0.646. The Hall–Kier alpha value is -0.300. The maximum Gasteiger partial charge on any atom is 0.00436 e. The lowest BCUT2D eigenvalue weighted by Gasteiger charge is -2.28. The van der Waals surface area contributed by atoms with Gasteiger partial charge in [0.25, 0.3) is 0 Å². The summed E-state index contributed by atoms with van der Waals surface area (Å²) in [4.78, 5) is 0. The van der Waals surface area contributed by atoms with Crippen molar-refractivity contribution < 1.29 is 0 Å². The lowest BCUT2D eigenvalue weighted by molar-refractivity contribution is 0.260. The first kappa shape index (κ1) is 15.7. The van der Waals surface area contributed by atoms with Crippen LogP contribution in [0.3, 0.4) is 0 Å². The first-order chi connectivity index (χ1) is 7.52. The van der Waals surface area contributed by atoms with Crippen molar-refractivity contribution in [3.05, 3.63) is 12.7 Å². The van der Waals surface area contributed by atoms with Crippen molar-refractivity contribution in [2.24, 2.45) is 5.41 Å². The fourth-order valence-corrected chi connectivity index (χ4v) is 2.42. The molecular formula is C15H31N. The molecule has 0 radical (unpaired) electrons. The summed E-state index contributed by atoms with van der Waals surface area (Å²) in [6.07, 6.45) is 9.85. The molecule has 96 valence electrons. The van der Waals surface area contributed by atoms with E-state index in [1.165, 1.54) is 38.5 Å². The van der Waals surface area contributed by atoms with E-state index in [1.54, 1.807) is 0 Å². The second kappa shape index (κ2) is 8.81. The lowest BCUT2D eigenvalue weighted by atomic mass is 9.81. The summed E-state index contributed by atoms with van der Waals surface area (Å²) in [5.74, 6) is 0. The summed E-state index contributed by atoms with van der Waals surface area (Å²) >= 11 is 0. The van der Waals surface area contributed by atoms with Crippen LogP contribution in [-0.2, 0) is 0 Å². The average Bonchev–Trinajstić information content (AvgIpc) is 2.16. The summed E-state index contributed by atoms with van der Waals surface area (Å²) in [5, 5.41) is 3.50. The predicted molar refractivity (Wildman–Crippen MR) is 74.8 cm³/mol. The van der Waals surface area contributed by atoms with Gasteiger partial charge in [-0.25, -0.2) is 0 Å². The SMILES string of the molecule is C=CCCCCCC(C)(C)CC(C)NCC. The molecule has 0 spiro atoms. The fraction of sp³-hybridized carbons (Fsp3) is 0.867. The van der Waals surface area contributed by atoms with Crippen molar-refractivity contribution in [2.45, 2.75) is 72.3 Å². The molecule has 0 saturated heterocycles. The number of hydrogen-bond acceptors (Lipinski definition) is 1. The van der Waals surface area contributed by atoms with Crippen LogP contribution >= 0.6 is 0 Å². The van der Waals surface area contributed by atoms with Gasteiger partial charge in [0.05, 0.1) is 0 Å². The Morgan fingerprint density at radius 1 is 1.25 bits per heavy atom. The van der Waals surface area contributed by atoms with Gasteiger partial charge in [-0.15, -0.1) is 6.58 Å². The van der Waals surface area contributed by atoms with Crippen LogP contribution in [0.25, 0.3) is 0 Å². The van der Waals surface area contributed by atoms with Gasteiger partial charge < -0.3 is 5.32 Å². The summed E-state index contributed by atoms with van der Waals surface area (Å²) in [6.45, 7) is 14.1. The quantitative estimate of drug-likeness (QED) is 0.425. The van der Waals surface area contributed by atoms with E-state index in [2.05, 4.69) is 39.6 Å². The van der Waals surface area contributed by atoms with Crippen molar-refractivity contribution >= 4 is 0 Å². The van der Waals surface area contributed by atoms with Crippen molar-refractivity contribution in [1.29, 1.82) is 0 Å². The van der Waals surface area contributed by atoms with Crippen LogP contribution in [0.1, 0.15) is 66.2 Å². The minimum absolute atomic E-state index is 0.482. The zero-order valence-corrected chi connectivity index (χ0v) is 11.8. The molecule has 1 atom stereocenters. The van der Waals surface area contributed by atoms with Gasteiger partial charge >= 0.3 is 0 Å². The van der Waals surface area contributed by atoms with Gasteiger partial charge in [0.2, 0.25) is 0 Å². The highest BCUT2D eigenvalue weighted by Crippen LogP contribution is 2.29. The van der Waals surface area contributed by atoms with Crippen LogP contribution in [0.2, 0.25) is 0 Å². The Balaban J connectivity index is 3.64. The van der Waals surface area contributed by atoms with E-state index in [4.69, 9.17) is 0 Å². The molecule has 1 unspecified atom stereocenters. The third-order valence-electron chi connectivity index (χ3n) is 3.17. The van der Waals surface area contributed by atoms with Crippen molar-refractivity contribution in [3.63, 3.8) is 0 Å². The van der Waals surface area contributed by atoms with Gasteiger partial charge in [-0.1, -0.05) is 39.7 Å².